The second-order valence-corrected chi connectivity index (χ2v) is 3.37. The number of hydrogen-bond donors (Lipinski definition) is 5. The highest BCUT2D eigenvalue weighted by Gasteiger charge is 2.12. The first-order valence-corrected chi connectivity index (χ1v) is 5.01. The van der Waals surface area contributed by atoms with Gasteiger partial charge in [0.15, 0.2) is 0 Å². The SMILES string of the molecule is NC(CCC(=O)O)C(=O)O.Nn1c(=O)cc[nH]c1=O. The Morgan fingerprint density at radius 3 is 2.32 bits per heavy atom. The molecule has 0 saturated heterocycles. The molecule has 1 aromatic heterocycles. The number of carboxylic acid groups (broad SMARTS) is 2. The maximum atomic E-state index is 10.5. The summed E-state index contributed by atoms with van der Waals surface area (Å²) in [6.07, 6.45) is 1.02. The van der Waals surface area contributed by atoms with Crippen LogP contribution in [-0.2, 0) is 9.59 Å². The number of nitrogens with two attached hydrogens (primary N) is 2. The zero-order chi connectivity index (χ0) is 15.0. The second kappa shape index (κ2) is 7.66. The fourth-order valence-electron chi connectivity index (χ4n) is 0.837. The van der Waals surface area contributed by atoms with E-state index in [-0.39, 0.29) is 12.8 Å². The predicted molar refractivity (Wildman–Crippen MR) is 64.0 cm³/mol. The van der Waals surface area contributed by atoms with Gasteiger partial charge in [-0.15, -0.1) is 0 Å². The molecule has 0 aliphatic heterocycles. The van der Waals surface area contributed by atoms with Crippen LogP contribution >= 0.6 is 0 Å². The largest absolute Gasteiger partial charge is 0.481 e. The van der Waals surface area contributed by atoms with E-state index < -0.39 is 29.2 Å². The summed E-state index contributed by atoms with van der Waals surface area (Å²) in [4.78, 5) is 43.0. The molecule has 1 aromatic rings. The quantitative estimate of drug-likeness (QED) is 0.373. The molecule has 0 spiro atoms. The van der Waals surface area contributed by atoms with Crippen molar-refractivity contribution in [1.29, 1.82) is 0 Å². The standard InChI is InChI=1S/C5H9NO4.C4H5N3O2/c6-3(5(9)10)1-2-4(7)8;5-7-3(8)1-2-6-4(7)9/h3H,1-2,6H2,(H,7,8)(H,9,10);1-2H,5H2,(H,6,9). The molecule has 0 aromatic carbocycles. The molecule has 7 N–H and O–H groups in total. The number of carbonyl (C=O) groups is 2. The van der Waals surface area contributed by atoms with Gasteiger partial charge < -0.3 is 26.8 Å². The van der Waals surface area contributed by atoms with Gasteiger partial charge in [0.25, 0.3) is 5.56 Å². The van der Waals surface area contributed by atoms with E-state index in [2.05, 4.69) is 4.98 Å². The molecule has 1 unspecified atom stereocenters. The van der Waals surface area contributed by atoms with Crippen LogP contribution in [0.25, 0.3) is 0 Å². The Kier molecular flexibility index (Phi) is 6.60. The topological polar surface area (TPSA) is 182 Å². The van der Waals surface area contributed by atoms with Gasteiger partial charge in [-0.05, 0) is 6.42 Å². The van der Waals surface area contributed by atoms with Crippen LogP contribution in [0, 0.1) is 0 Å². The summed E-state index contributed by atoms with van der Waals surface area (Å²) in [5, 5.41) is 16.3. The monoisotopic (exact) mass is 274 g/mol. The van der Waals surface area contributed by atoms with Crippen LogP contribution < -0.4 is 22.8 Å². The molecule has 0 amide bonds. The lowest BCUT2D eigenvalue weighted by molar-refractivity contribution is -0.139. The number of aromatic amines is 1. The number of aliphatic carboxylic acids is 2. The van der Waals surface area contributed by atoms with Crippen molar-refractivity contribution in [3.63, 3.8) is 0 Å². The van der Waals surface area contributed by atoms with Crippen molar-refractivity contribution in [2.75, 3.05) is 5.84 Å². The molecule has 0 radical (unpaired) electrons. The van der Waals surface area contributed by atoms with E-state index in [9.17, 15) is 19.2 Å². The molecule has 0 aliphatic rings. The van der Waals surface area contributed by atoms with Crippen LogP contribution in [-0.4, -0.2) is 37.9 Å². The van der Waals surface area contributed by atoms with Crippen LogP contribution in [0.15, 0.2) is 21.9 Å². The molecule has 10 heteroatoms. The van der Waals surface area contributed by atoms with Gasteiger partial charge in [0, 0.05) is 18.7 Å². The predicted octanol–water partition coefficient (Wildman–Crippen LogP) is -2.49. The number of H-pyrrole nitrogens is 1. The Hall–Kier alpha value is -2.62. The van der Waals surface area contributed by atoms with E-state index in [0.717, 1.165) is 0 Å². The summed E-state index contributed by atoms with van der Waals surface area (Å²) >= 11 is 0. The summed E-state index contributed by atoms with van der Waals surface area (Å²) < 4.78 is 0.500. The number of nitrogens with one attached hydrogen (secondary N) is 1. The van der Waals surface area contributed by atoms with Gasteiger partial charge in [-0.1, -0.05) is 0 Å². The van der Waals surface area contributed by atoms with Gasteiger partial charge in [0.1, 0.15) is 6.04 Å². The zero-order valence-corrected chi connectivity index (χ0v) is 9.78. The number of nitrogen functional groups attached to an aromatic ring is 1. The van der Waals surface area contributed by atoms with Crippen LogP contribution in [0.3, 0.4) is 0 Å². The average molecular weight is 274 g/mol. The minimum absolute atomic E-state index is 0.0231. The number of rotatable bonds is 4. The molecule has 10 nitrogen and oxygen atoms in total. The molecule has 0 aliphatic carbocycles. The Morgan fingerprint density at radius 2 is 1.95 bits per heavy atom. The van der Waals surface area contributed by atoms with Gasteiger partial charge in [-0.25, -0.2) is 4.79 Å². The maximum Gasteiger partial charge on any atom is 0.347 e. The number of nitrogens with zero attached hydrogens (tertiary/aromatic N) is 1. The fourth-order valence-corrected chi connectivity index (χ4v) is 0.837. The lowest BCUT2D eigenvalue weighted by atomic mass is 10.2. The van der Waals surface area contributed by atoms with Crippen molar-refractivity contribution < 1.29 is 19.8 Å². The first kappa shape index (κ1) is 16.4. The van der Waals surface area contributed by atoms with Crippen LogP contribution in [0.1, 0.15) is 12.8 Å². The van der Waals surface area contributed by atoms with Gasteiger partial charge in [-0.2, -0.15) is 4.68 Å². The third-order valence-corrected chi connectivity index (χ3v) is 1.88. The van der Waals surface area contributed by atoms with Gasteiger partial charge >= 0.3 is 17.6 Å². The molecule has 0 fully saturated rings. The summed E-state index contributed by atoms with van der Waals surface area (Å²) in [5.74, 6) is 2.75. The molecule has 0 bridgehead atoms. The van der Waals surface area contributed by atoms with E-state index in [4.69, 9.17) is 21.8 Å². The van der Waals surface area contributed by atoms with Crippen LogP contribution in [0.5, 0.6) is 0 Å². The first-order valence-electron chi connectivity index (χ1n) is 5.01. The Morgan fingerprint density at radius 1 is 1.37 bits per heavy atom. The van der Waals surface area contributed by atoms with Crippen molar-refractivity contribution in [2.24, 2.45) is 5.73 Å². The van der Waals surface area contributed by atoms with Crippen molar-refractivity contribution in [3.8, 4) is 0 Å². The minimum Gasteiger partial charge on any atom is -0.481 e. The minimum atomic E-state index is -1.17. The Labute approximate surface area is 106 Å². The zero-order valence-electron chi connectivity index (χ0n) is 9.78. The molecule has 1 rings (SSSR count). The van der Waals surface area contributed by atoms with Crippen LogP contribution in [0.2, 0.25) is 0 Å². The molecule has 19 heavy (non-hydrogen) atoms. The fraction of sp³-hybridized carbons (Fsp3) is 0.333. The van der Waals surface area contributed by atoms with Crippen molar-refractivity contribution >= 4 is 11.9 Å². The first-order chi connectivity index (χ1) is 8.75. The number of hydrogen-bond acceptors (Lipinski definition) is 6. The highest BCUT2D eigenvalue weighted by atomic mass is 16.4. The second-order valence-electron chi connectivity index (χ2n) is 3.37. The molecule has 0 saturated carbocycles. The molecular weight excluding hydrogens is 260 g/mol. The van der Waals surface area contributed by atoms with E-state index >= 15 is 0 Å². The van der Waals surface area contributed by atoms with E-state index in [1.54, 1.807) is 0 Å². The van der Waals surface area contributed by atoms with Gasteiger partial charge in [0.2, 0.25) is 0 Å². The van der Waals surface area contributed by atoms with E-state index in [1.807, 2.05) is 0 Å². The van der Waals surface area contributed by atoms with Gasteiger partial charge in [-0.3, -0.25) is 14.4 Å². The summed E-state index contributed by atoms with van der Waals surface area (Å²) in [6.45, 7) is 0. The highest BCUT2D eigenvalue weighted by Crippen LogP contribution is 1.93. The van der Waals surface area contributed by atoms with Crippen molar-refractivity contribution in [1.82, 2.24) is 9.66 Å². The summed E-state index contributed by atoms with van der Waals surface area (Å²) in [6, 6.07) is 0.109. The highest BCUT2D eigenvalue weighted by molar-refractivity contribution is 5.74. The molecule has 1 heterocycles. The summed E-state index contributed by atoms with van der Waals surface area (Å²) in [5.41, 5.74) is 3.88. The van der Waals surface area contributed by atoms with Crippen LogP contribution in [0.4, 0.5) is 0 Å². The Balaban J connectivity index is 0.000000342. The number of carboxylic acids is 2. The van der Waals surface area contributed by atoms with E-state index in [0.29, 0.717) is 4.68 Å². The lowest BCUT2D eigenvalue weighted by Crippen LogP contribution is -2.39. The normalized spacial score (nSPS) is 11.0. The Bertz CT molecular complexity index is 520. The smallest absolute Gasteiger partial charge is 0.347 e. The lowest BCUT2D eigenvalue weighted by Gasteiger charge is -2.01. The van der Waals surface area contributed by atoms with Gasteiger partial charge in [0.05, 0.1) is 0 Å². The third-order valence-electron chi connectivity index (χ3n) is 1.88. The summed E-state index contributed by atoms with van der Waals surface area (Å²) in [7, 11) is 0. The molecule has 1 atom stereocenters. The third kappa shape index (κ3) is 6.63. The van der Waals surface area contributed by atoms with Crippen molar-refractivity contribution in [2.45, 2.75) is 18.9 Å². The number of aromatic nitrogens is 2. The molecule has 106 valence electrons. The van der Waals surface area contributed by atoms with E-state index in [1.165, 1.54) is 12.3 Å². The maximum absolute atomic E-state index is 10.5. The average Bonchev–Trinajstić information content (AvgIpc) is 2.33. The van der Waals surface area contributed by atoms with Crippen molar-refractivity contribution in [3.05, 3.63) is 33.1 Å². The molecular formula is C9H14N4O6.